The van der Waals surface area contributed by atoms with Gasteiger partial charge in [0.15, 0.2) is 0 Å². The van der Waals surface area contributed by atoms with Crippen molar-refractivity contribution in [2.24, 2.45) is 0 Å². The number of benzene rings is 1. The maximum Gasteiger partial charge on any atom is -0.0158 e. The number of allylic oxidation sites excluding steroid dienone is 5. The Kier molecular flexibility index (Phi) is 6.17. The number of aryl methyl sites for hydroxylation is 1. The van der Waals surface area contributed by atoms with Crippen LogP contribution in [0.4, 0.5) is 0 Å². The first kappa shape index (κ1) is 14.4. The minimum atomic E-state index is 0. The van der Waals surface area contributed by atoms with Gasteiger partial charge >= 0.3 is 0 Å². The van der Waals surface area contributed by atoms with Gasteiger partial charge in [-0.05, 0) is 37.5 Å². The summed E-state index contributed by atoms with van der Waals surface area (Å²) < 4.78 is 0. The van der Waals surface area contributed by atoms with E-state index in [4.69, 9.17) is 0 Å². The summed E-state index contributed by atoms with van der Waals surface area (Å²) in [5.41, 5.74) is 5.06. The highest BCUT2D eigenvalue weighted by Crippen LogP contribution is 2.23. The van der Waals surface area contributed by atoms with E-state index in [1.807, 2.05) is 6.08 Å². The van der Waals surface area contributed by atoms with Crippen molar-refractivity contribution in [1.29, 1.82) is 0 Å². The molecule has 0 saturated heterocycles. The third-order valence-corrected chi connectivity index (χ3v) is 2.47. The summed E-state index contributed by atoms with van der Waals surface area (Å²) in [6.07, 6.45) is 6.02. The molecule has 0 saturated carbocycles. The maximum absolute atomic E-state index is 3.76. The summed E-state index contributed by atoms with van der Waals surface area (Å²) in [5.74, 6) is 0. The molecule has 0 atom stereocenters. The average molecular weight is 214 g/mol. The molecule has 0 heteroatoms. The molecule has 0 aromatic heterocycles. The molecule has 0 nitrogen and oxygen atoms in total. The van der Waals surface area contributed by atoms with Crippen molar-refractivity contribution >= 4 is 5.57 Å². The monoisotopic (exact) mass is 214 g/mol. The van der Waals surface area contributed by atoms with Gasteiger partial charge in [-0.25, -0.2) is 0 Å². The molecule has 0 spiro atoms. The van der Waals surface area contributed by atoms with E-state index in [1.165, 1.54) is 22.3 Å². The van der Waals surface area contributed by atoms with Crippen LogP contribution in [0.3, 0.4) is 0 Å². The number of hydrogen-bond donors (Lipinski definition) is 0. The molecule has 0 radical (unpaired) electrons. The highest BCUT2D eigenvalue weighted by molar-refractivity contribution is 5.79. The first-order valence-electron chi connectivity index (χ1n) is 5.22. The molecule has 1 aromatic carbocycles. The van der Waals surface area contributed by atoms with Gasteiger partial charge in [-0.2, -0.15) is 0 Å². The predicted octanol–water partition coefficient (Wildman–Crippen LogP) is 5.17. The van der Waals surface area contributed by atoms with Crippen molar-refractivity contribution in [3.05, 3.63) is 65.8 Å². The van der Waals surface area contributed by atoms with Crippen LogP contribution in [-0.4, -0.2) is 0 Å². The van der Waals surface area contributed by atoms with E-state index in [-0.39, 0.29) is 7.43 Å². The second-order valence-corrected chi connectivity index (χ2v) is 3.66. The van der Waals surface area contributed by atoms with E-state index >= 15 is 0 Å². The van der Waals surface area contributed by atoms with Gasteiger partial charge in [-0.15, -0.1) is 0 Å². The minimum absolute atomic E-state index is 0. The second kappa shape index (κ2) is 6.84. The van der Waals surface area contributed by atoms with E-state index in [0.29, 0.717) is 0 Å². The Bertz CT molecular complexity index is 406. The van der Waals surface area contributed by atoms with Crippen molar-refractivity contribution in [3.63, 3.8) is 0 Å². The van der Waals surface area contributed by atoms with Gasteiger partial charge in [-0.3, -0.25) is 0 Å². The topological polar surface area (TPSA) is 0 Å². The van der Waals surface area contributed by atoms with Crippen LogP contribution >= 0.6 is 0 Å². The Morgan fingerprint density at radius 2 is 2.00 bits per heavy atom. The third kappa shape index (κ3) is 3.54. The lowest BCUT2D eigenvalue weighted by atomic mass is 9.97. The Morgan fingerprint density at radius 1 is 1.31 bits per heavy atom. The van der Waals surface area contributed by atoms with Crippen LogP contribution < -0.4 is 0 Å². The molecule has 0 bridgehead atoms. The normalized spacial score (nSPS) is 11.9. The van der Waals surface area contributed by atoms with Crippen LogP contribution in [0, 0.1) is 6.92 Å². The molecule has 0 amide bonds. The molecule has 0 heterocycles. The van der Waals surface area contributed by atoms with Gasteiger partial charge in [-0.1, -0.05) is 62.1 Å². The molecule has 0 aliphatic carbocycles. The maximum atomic E-state index is 3.76. The molecule has 16 heavy (non-hydrogen) atoms. The minimum Gasteiger partial charge on any atom is -0.0990 e. The summed E-state index contributed by atoms with van der Waals surface area (Å²) >= 11 is 0. The van der Waals surface area contributed by atoms with Crippen molar-refractivity contribution in [2.45, 2.75) is 28.2 Å². The summed E-state index contributed by atoms with van der Waals surface area (Å²) in [6.45, 7) is 10.1. The summed E-state index contributed by atoms with van der Waals surface area (Å²) in [5, 5.41) is 0. The second-order valence-electron chi connectivity index (χ2n) is 3.66. The molecule has 1 rings (SSSR count). The van der Waals surface area contributed by atoms with E-state index in [9.17, 15) is 0 Å². The molecular formula is C16H22. The first-order valence-corrected chi connectivity index (χ1v) is 5.22. The molecule has 1 aromatic rings. The molecule has 0 N–H and O–H groups in total. The molecule has 0 unspecified atom stereocenters. The number of hydrogen-bond acceptors (Lipinski definition) is 0. The first-order chi connectivity index (χ1) is 7.19. The van der Waals surface area contributed by atoms with Crippen LogP contribution in [0.2, 0.25) is 0 Å². The van der Waals surface area contributed by atoms with Gasteiger partial charge in [0.2, 0.25) is 0 Å². The Labute approximate surface area is 100 Å². The van der Waals surface area contributed by atoms with E-state index < -0.39 is 0 Å². The lowest BCUT2D eigenvalue weighted by Crippen LogP contribution is -1.87. The van der Waals surface area contributed by atoms with Crippen LogP contribution in [-0.2, 0) is 0 Å². The highest BCUT2D eigenvalue weighted by Gasteiger charge is 2.01. The van der Waals surface area contributed by atoms with Crippen LogP contribution in [0.5, 0.6) is 0 Å². The molecular weight excluding hydrogens is 192 g/mol. The smallest absolute Gasteiger partial charge is 0.0158 e. The molecule has 0 fully saturated rings. The predicted molar refractivity (Wildman–Crippen MR) is 75.5 cm³/mol. The fourth-order valence-electron chi connectivity index (χ4n) is 1.54. The Balaban J connectivity index is 0.00000225. The SMILES string of the molecule is C.C=C/C=C(\C(C)=C/C)c1cccc(C)c1. The van der Waals surface area contributed by atoms with Crippen LogP contribution in [0.25, 0.3) is 5.57 Å². The zero-order valence-electron chi connectivity index (χ0n) is 9.75. The van der Waals surface area contributed by atoms with Crippen LogP contribution in [0.1, 0.15) is 32.4 Å². The summed E-state index contributed by atoms with van der Waals surface area (Å²) in [4.78, 5) is 0. The quantitative estimate of drug-likeness (QED) is 0.609. The standard InChI is InChI=1S/C15H18.CH4/c1-5-8-15(13(4)6-2)14-10-7-9-12(3)11-14;/h5-11H,1H2,2-4H3;1H4/b13-6-,15-8+;. The zero-order valence-corrected chi connectivity index (χ0v) is 9.75. The van der Waals surface area contributed by atoms with Gasteiger partial charge < -0.3 is 0 Å². The highest BCUT2D eigenvalue weighted by atomic mass is 14.1. The van der Waals surface area contributed by atoms with Crippen molar-refractivity contribution < 1.29 is 0 Å². The fraction of sp³-hybridized carbons (Fsp3) is 0.250. The van der Waals surface area contributed by atoms with Gasteiger partial charge in [0.1, 0.15) is 0 Å². The largest absolute Gasteiger partial charge is 0.0990 e. The third-order valence-electron chi connectivity index (χ3n) is 2.47. The fourth-order valence-corrected chi connectivity index (χ4v) is 1.54. The van der Waals surface area contributed by atoms with E-state index in [2.05, 4.69) is 63.8 Å². The van der Waals surface area contributed by atoms with Gasteiger partial charge in [0.25, 0.3) is 0 Å². The van der Waals surface area contributed by atoms with E-state index in [0.717, 1.165) is 0 Å². The van der Waals surface area contributed by atoms with Crippen molar-refractivity contribution in [3.8, 4) is 0 Å². The van der Waals surface area contributed by atoms with Gasteiger partial charge in [0, 0.05) is 0 Å². The van der Waals surface area contributed by atoms with Crippen molar-refractivity contribution in [2.75, 3.05) is 0 Å². The zero-order chi connectivity index (χ0) is 11.3. The lowest BCUT2D eigenvalue weighted by molar-refractivity contribution is 1.41. The van der Waals surface area contributed by atoms with Crippen molar-refractivity contribution in [1.82, 2.24) is 0 Å². The Morgan fingerprint density at radius 3 is 2.50 bits per heavy atom. The van der Waals surface area contributed by atoms with E-state index in [1.54, 1.807) is 0 Å². The molecule has 0 aliphatic heterocycles. The molecule has 0 aliphatic rings. The summed E-state index contributed by atoms with van der Waals surface area (Å²) in [7, 11) is 0. The lowest BCUT2D eigenvalue weighted by Gasteiger charge is -2.08. The molecule has 86 valence electrons. The van der Waals surface area contributed by atoms with Gasteiger partial charge in [0.05, 0.1) is 0 Å². The van der Waals surface area contributed by atoms with Crippen LogP contribution in [0.15, 0.2) is 54.6 Å². The average Bonchev–Trinajstić information content (AvgIpc) is 2.25. The summed E-state index contributed by atoms with van der Waals surface area (Å²) in [6, 6.07) is 8.53. The number of rotatable bonds is 3. The Hall–Kier alpha value is -1.56.